The summed E-state index contributed by atoms with van der Waals surface area (Å²) in [5.74, 6) is -1.91. The molecule has 1 atom stereocenters. The van der Waals surface area contributed by atoms with Gasteiger partial charge < -0.3 is 22.3 Å². The lowest BCUT2D eigenvalue weighted by molar-refractivity contribution is -0.174. The van der Waals surface area contributed by atoms with E-state index in [0.717, 1.165) is 21.5 Å². The van der Waals surface area contributed by atoms with E-state index in [1.54, 1.807) is 0 Å². The molecule has 36 heavy (non-hydrogen) atoms. The van der Waals surface area contributed by atoms with Crippen LogP contribution in [-0.4, -0.2) is 24.3 Å². The molecule has 0 spiro atoms. The second-order valence-corrected chi connectivity index (χ2v) is 11.9. The minimum atomic E-state index is -4.96. The molecule has 0 aromatic heterocycles. The van der Waals surface area contributed by atoms with Gasteiger partial charge in [0.05, 0.1) is 12.2 Å². The zero-order valence-electron chi connectivity index (χ0n) is 19.4. The SMILES string of the molecule is O=C(N[C@@H](Cc1ccccc1)C[P+](c1ccccc1)(c1ccccc1)c1ccccc1)C(F)(F)F.[Br-]. The van der Waals surface area contributed by atoms with Crippen molar-refractivity contribution in [3.8, 4) is 0 Å². The summed E-state index contributed by atoms with van der Waals surface area (Å²) in [6.45, 7) is 0. The van der Waals surface area contributed by atoms with Gasteiger partial charge in [-0.15, -0.1) is 0 Å². The summed E-state index contributed by atoms with van der Waals surface area (Å²) >= 11 is 0. The van der Waals surface area contributed by atoms with Crippen molar-refractivity contribution in [2.45, 2.75) is 18.6 Å². The van der Waals surface area contributed by atoms with Crippen molar-refractivity contribution in [2.75, 3.05) is 6.16 Å². The topological polar surface area (TPSA) is 29.1 Å². The monoisotopic (exact) mass is 571 g/mol. The van der Waals surface area contributed by atoms with Crippen molar-refractivity contribution >= 4 is 29.1 Å². The Balaban J connectivity index is 0.00000361. The minimum absolute atomic E-state index is 0. The molecule has 0 saturated carbocycles. The highest BCUT2D eigenvalue weighted by molar-refractivity contribution is 7.95. The van der Waals surface area contributed by atoms with Gasteiger partial charge in [0.25, 0.3) is 0 Å². The highest BCUT2D eigenvalue weighted by atomic mass is 79.9. The Hall–Kier alpha value is -2.95. The van der Waals surface area contributed by atoms with Gasteiger partial charge in [-0.2, -0.15) is 13.2 Å². The maximum atomic E-state index is 13.3. The van der Waals surface area contributed by atoms with Crippen LogP contribution in [0.4, 0.5) is 13.2 Å². The van der Waals surface area contributed by atoms with Gasteiger partial charge in [0.1, 0.15) is 23.2 Å². The lowest BCUT2D eigenvalue weighted by Crippen LogP contribution is -3.00. The van der Waals surface area contributed by atoms with Gasteiger partial charge in [-0.25, -0.2) is 0 Å². The van der Waals surface area contributed by atoms with E-state index >= 15 is 0 Å². The number of carbonyl (C=O) groups is 1. The van der Waals surface area contributed by atoms with Gasteiger partial charge in [-0.3, -0.25) is 4.79 Å². The number of hydrogen-bond acceptors (Lipinski definition) is 1. The fourth-order valence-electron chi connectivity index (χ4n) is 4.47. The van der Waals surface area contributed by atoms with E-state index in [1.165, 1.54) is 0 Å². The normalized spacial score (nSPS) is 12.3. The molecule has 7 heteroatoms. The largest absolute Gasteiger partial charge is 1.00 e. The van der Waals surface area contributed by atoms with Crippen LogP contribution < -0.4 is 38.2 Å². The number of rotatable bonds is 8. The predicted molar refractivity (Wildman–Crippen MR) is 138 cm³/mol. The van der Waals surface area contributed by atoms with Crippen molar-refractivity contribution < 1.29 is 34.9 Å². The predicted octanol–water partition coefficient (Wildman–Crippen LogP) is 2.27. The minimum Gasteiger partial charge on any atom is -1.00 e. The molecule has 4 aromatic carbocycles. The molecule has 4 rings (SSSR count). The summed E-state index contributed by atoms with van der Waals surface area (Å²) in [7, 11) is -2.44. The first-order valence-corrected chi connectivity index (χ1v) is 13.3. The molecule has 1 amide bonds. The first-order chi connectivity index (χ1) is 16.9. The molecule has 0 aliphatic heterocycles. The van der Waals surface area contributed by atoms with Crippen LogP contribution in [0.3, 0.4) is 0 Å². The van der Waals surface area contributed by atoms with Gasteiger partial charge in [0, 0.05) is 0 Å². The Morgan fingerprint density at radius 3 is 1.39 bits per heavy atom. The van der Waals surface area contributed by atoms with Crippen LogP contribution in [0.15, 0.2) is 121 Å². The molecule has 4 aromatic rings. The molecule has 0 aliphatic carbocycles. The lowest BCUT2D eigenvalue weighted by atomic mass is 10.1. The first-order valence-electron chi connectivity index (χ1n) is 11.4. The molecular formula is C29H26BrF3NOP. The molecule has 186 valence electrons. The smallest absolute Gasteiger partial charge is 0.471 e. The third kappa shape index (κ3) is 6.43. The summed E-state index contributed by atoms with van der Waals surface area (Å²) < 4.78 is 40.0. The maximum absolute atomic E-state index is 13.3. The highest BCUT2D eigenvalue weighted by Crippen LogP contribution is 2.56. The average Bonchev–Trinajstić information content (AvgIpc) is 2.89. The Morgan fingerprint density at radius 2 is 1.03 bits per heavy atom. The third-order valence-corrected chi connectivity index (χ3v) is 10.5. The van der Waals surface area contributed by atoms with E-state index in [2.05, 4.69) is 5.32 Å². The molecular weight excluding hydrogens is 546 g/mol. The molecule has 0 bridgehead atoms. The van der Waals surface area contributed by atoms with Crippen molar-refractivity contribution in [3.63, 3.8) is 0 Å². The van der Waals surface area contributed by atoms with E-state index in [4.69, 9.17) is 0 Å². The second-order valence-electron chi connectivity index (χ2n) is 8.36. The molecule has 0 fully saturated rings. The molecule has 0 aliphatic rings. The summed E-state index contributed by atoms with van der Waals surface area (Å²) in [5.41, 5.74) is 0.868. The number of carbonyl (C=O) groups excluding carboxylic acids is 1. The van der Waals surface area contributed by atoms with Crippen LogP contribution >= 0.6 is 7.26 Å². The first kappa shape index (κ1) is 27.6. The van der Waals surface area contributed by atoms with E-state index in [0.29, 0.717) is 6.16 Å². The van der Waals surface area contributed by atoms with Crippen molar-refractivity contribution in [1.29, 1.82) is 0 Å². The summed E-state index contributed by atoms with van der Waals surface area (Å²) in [4.78, 5) is 12.1. The maximum Gasteiger partial charge on any atom is 0.471 e. The van der Waals surface area contributed by atoms with Crippen LogP contribution in [0.5, 0.6) is 0 Å². The van der Waals surface area contributed by atoms with Gasteiger partial charge >= 0.3 is 12.1 Å². The zero-order valence-corrected chi connectivity index (χ0v) is 21.9. The quantitative estimate of drug-likeness (QED) is 0.323. The summed E-state index contributed by atoms with van der Waals surface area (Å²) in [6.07, 6.45) is -4.32. The van der Waals surface area contributed by atoms with Gasteiger partial charge in [0.2, 0.25) is 0 Å². The highest BCUT2D eigenvalue weighted by Gasteiger charge is 2.48. The Morgan fingerprint density at radius 1 is 0.667 bits per heavy atom. The molecule has 0 saturated heterocycles. The number of amides is 1. The van der Waals surface area contributed by atoms with Crippen molar-refractivity contribution in [1.82, 2.24) is 5.32 Å². The van der Waals surface area contributed by atoms with Crippen molar-refractivity contribution in [2.24, 2.45) is 0 Å². The Labute approximate surface area is 220 Å². The van der Waals surface area contributed by atoms with Crippen LogP contribution in [0.25, 0.3) is 0 Å². The summed E-state index contributed by atoms with van der Waals surface area (Å²) in [6, 6.07) is 38.4. The van der Waals surface area contributed by atoms with Crippen molar-refractivity contribution in [3.05, 3.63) is 127 Å². The number of alkyl halides is 3. The fourth-order valence-corrected chi connectivity index (χ4v) is 8.92. The molecule has 2 nitrogen and oxygen atoms in total. The second kappa shape index (κ2) is 12.3. The van der Waals surface area contributed by atoms with Gasteiger partial charge in [-0.05, 0) is 48.4 Å². The zero-order chi connectivity index (χ0) is 24.7. The Kier molecular flexibility index (Phi) is 9.47. The van der Waals surface area contributed by atoms with E-state index in [1.807, 2.05) is 121 Å². The molecule has 0 radical (unpaired) electrons. The number of halogens is 4. The number of nitrogens with one attached hydrogen (secondary N) is 1. The van der Waals surface area contributed by atoms with E-state index < -0.39 is 25.4 Å². The van der Waals surface area contributed by atoms with Gasteiger partial charge in [0.15, 0.2) is 0 Å². The molecule has 1 N–H and O–H groups in total. The molecule has 0 heterocycles. The number of benzene rings is 4. The van der Waals surface area contributed by atoms with Crippen LogP contribution in [0.1, 0.15) is 5.56 Å². The fraction of sp³-hybridized carbons (Fsp3) is 0.138. The van der Waals surface area contributed by atoms with Crippen LogP contribution in [0, 0.1) is 0 Å². The van der Waals surface area contributed by atoms with Crippen LogP contribution in [-0.2, 0) is 11.2 Å². The average molecular weight is 572 g/mol. The lowest BCUT2D eigenvalue weighted by Gasteiger charge is -2.31. The molecule has 0 unspecified atom stereocenters. The Bertz CT molecular complexity index is 1130. The van der Waals surface area contributed by atoms with Crippen LogP contribution in [0.2, 0.25) is 0 Å². The summed E-state index contributed by atoms with van der Waals surface area (Å²) in [5, 5.41) is 5.49. The standard InChI is InChI=1S/C29H25F3NOP.BrH/c30-29(31,32)28(34)33-24(21-23-13-5-1-6-14-23)22-35(25-15-7-2-8-16-25,26-17-9-3-10-18-26)27-19-11-4-12-20-27;/h1-20,24H,21-22H2;1H/t24-;/m0./s1. The van der Waals surface area contributed by atoms with Gasteiger partial charge in [-0.1, -0.05) is 84.9 Å². The van der Waals surface area contributed by atoms with E-state index in [-0.39, 0.29) is 23.4 Å². The van der Waals surface area contributed by atoms with E-state index in [9.17, 15) is 18.0 Å². The third-order valence-electron chi connectivity index (χ3n) is 6.00. The number of hydrogen-bond donors (Lipinski definition) is 1.